The van der Waals surface area contributed by atoms with Gasteiger partial charge in [-0.25, -0.2) is 9.67 Å². The lowest BCUT2D eigenvalue weighted by atomic mass is 10.4. The van der Waals surface area contributed by atoms with Crippen LogP contribution in [0.5, 0.6) is 0 Å². The molecule has 150 valence electrons. The summed E-state index contributed by atoms with van der Waals surface area (Å²) < 4.78 is 18.7. The van der Waals surface area contributed by atoms with Crippen LogP contribution in [0.2, 0.25) is 0 Å². The number of thiol groups is 1. The summed E-state index contributed by atoms with van der Waals surface area (Å²) in [4.78, 5) is 19.4. The molecule has 0 fully saturated rings. The number of hydrogen-bond acceptors (Lipinski definition) is 9. The van der Waals surface area contributed by atoms with E-state index in [1.165, 1.54) is 11.6 Å². The first-order valence-electron chi connectivity index (χ1n) is 8.72. The van der Waals surface area contributed by atoms with Crippen LogP contribution in [-0.4, -0.2) is 56.0 Å². The molecular weight excluding hydrogens is 372 g/mol. The number of nitrogens with zero attached hydrogens (tertiary/aromatic N) is 5. The first-order chi connectivity index (χ1) is 12.8. The minimum atomic E-state index is -0.453. The summed E-state index contributed by atoms with van der Waals surface area (Å²) in [5, 5.41) is 10.8. The molecule has 0 bridgehead atoms. The third kappa shape index (κ3) is 6.69. The van der Waals surface area contributed by atoms with Crippen LogP contribution >= 0.6 is 12.6 Å². The standard InChI is InChI=1S/C16H26N6O4S/c1-9(2)24-7-6-12(26-10(3)4)25-8-22-13-14(20-21-22)18-16(17-11(5)23)19-15(13)27/h9-10,12H,6-8H2,1-5H3,(H2,17,18,19,23,27). The largest absolute Gasteiger partial charge is 0.379 e. The van der Waals surface area contributed by atoms with E-state index in [1.54, 1.807) is 0 Å². The van der Waals surface area contributed by atoms with Crippen LogP contribution in [0, 0.1) is 0 Å². The summed E-state index contributed by atoms with van der Waals surface area (Å²) in [5.74, 6) is -0.157. The van der Waals surface area contributed by atoms with Crippen molar-refractivity contribution in [2.24, 2.45) is 0 Å². The van der Waals surface area contributed by atoms with Gasteiger partial charge < -0.3 is 14.2 Å². The lowest BCUT2D eigenvalue weighted by Gasteiger charge is -2.21. The second kappa shape index (κ2) is 9.93. The van der Waals surface area contributed by atoms with Gasteiger partial charge in [0.2, 0.25) is 17.5 Å². The molecule has 27 heavy (non-hydrogen) atoms. The van der Waals surface area contributed by atoms with Crippen LogP contribution in [0.3, 0.4) is 0 Å². The molecule has 1 N–H and O–H groups in total. The van der Waals surface area contributed by atoms with Crippen molar-refractivity contribution in [1.29, 1.82) is 0 Å². The molecule has 2 aromatic rings. The maximum Gasteiger partial charge on any atom is 0.232 e. The monoisotopic (exact) mass is 398 g/mol. The number of carbonyl (C=O) groups excluding carboxylic acids is 1. The summed E-state index contributed by atoms with van der Waals surface area (Å²) >= 11 is 4.35. The SMILES string of the molecule is CC(=O)Nc1nc(S)c2c(nnn2COC(CCOC(C)C)OC(C)C)n1. The van der Waals surface area contributed by atoms with Crippen LogP contribution in [0.25, 0.3) is 11.2 Å². The van der Waals surface area contributed by atoms with Gasteiger partial charge in [-0.05, 0) is 27.7 Å². The molecule has 1 amide bonds. The van der Waals surface area contributed by atoms with Crippen molar-refractivity contribution in [3.05, 3.63) is 0 Å². The van der Waals surface area contributed by atoms with E-state index >= 15 is 0 Å². The van der Waals surface area contributed by atoms with Crippen molar-refractivity contribution >= 4 is 35.6 Å². The van der Waals surface area contributed by atoms with Crippen LogP contribution in [-0.2, 0) is 25.7 Å². The van der Waals surface area contributed by atoms with Crippen LogP contribution in [0.1, 0.15) is 41.0 Å². The zero-order valence-corrected chi connectivity index (χ0v) is 17.1. The Morgan fingerprint density at radius 1 is 1.19 bits per heavy atom. The highest BCUT2D eigenvalue weighted by Gasteiger charge is 2.17. The fourth-order valence-electron chi connectivity index (χ4n) is 2.22. The normalized spacial score (nSPS) is 12.9. The van der Waals surface area contributed by atoms with E-state index in [4.69, 9.17) is 14.2 Å². The molecular formula is C16H26N6O4S. The molecule has 11 heteroatoms. The Kier molecular flexibility index (Phi) is 7.90. The molecule has 0 aromatic carbocycles. The Hall–Kier alpha value is -1.82. The molecule has 2 aromatic heterocycles. The van der Waals surface area contributed by atoms with E-state index in [9.17, 15) is 4.79 Å². The Morgan fingerprint density at radius 3 is 2.56 bits per heavy atom. The average Bonchev–Trinajstić information content (AvgIpc) is 2.94. The molecule has 0 spiro atoms. The highest BCUT2D eigenvalue weighted by molar-refractivity contribution is 7.80. The molecule has 0 aliphatic rings. The molecule has 2 heterocycles. The topological polar surface area (TPSA) is 113 Å². The van der Waals surface area contributed by atoms with Crippen molar-refractivity contribution in [1.82, 2.24) is 25.0 Å². The van der Waals surface area contributed by atoms with Gasteiger partial charge in [0.15, 0.2) is 6.29 Å². The maximum absolute atomic E-state index is 11.2. The third-order valence-electron chi connectivity index (χ3n) is 3.25. The van der Waals surface area contributed by atoms with E-state index in [2.05, 4.69) is 38.2 Å². The van der Waals surface area contributed by atoms with Gasteiger partial charge in [0.05, 0.1) is 18.8 Å². The van der Waals surface area contributed by atoms with Crippen LogP contribution in [0.15, 0.2) is 5.03 Å². The first kappa shape index (κ1) is 21.5. The van der Waals surface area contributed by atoms with Crippen molar-refractivity contribution in [2.45, 2.75) is 71.3 Å². The van der Waals surface area contributed by atoms with Crippen LogP contribution < -0.4 is 5.32 Å². The van der Waals surface area contributed by atoms with Gasteiger partial charge in [-0.3, -0.25) is 10.1 Å². The Labute approximate surface area is 163 Å². The number of rotatable bonds is 10. The minimum Gasteiger partial charge on any atom is -0.379 e. The predicted octanol–water partition coefficient (Wildman–Crippen LogP) is 2.01. The predicted molar refractivity (Wildman–Crippen MR) is 101 cm³/mol. The average molecular weight is 398 g/mol. The Morgan fingerprint density at radius 2 is 1.93 bits per heavy atom. The van der Waals surface area contributed by atoms with Crippen molar-refractivity contribution in [3.63, 3.8) is 0 Å². The molecule has 0 aliphatic heterocycles. The van der Waals surface area contributed by atoms with E-state index in [0.717, 1.165) is 0 Å². The highest BCUT2D eigenvalue weighted by atomic mass is 32.1. The lowest BCUT2D eigenvalue weighted by molar-refractivity contribution is -0.191. The zero-order valence-electron chi connectivity index (χ0n) is 16.2. The summed E-state index contributed by atoms with van der Waals surface area (Å²) in [6.45, 7) is 9.81. The molecule has 2 rings (SSSR count). The summed E-state index contributed by atoms with van der Waals surface area (Å²) in [5.41, 5.74) is 0.820. The number of anilines is 1. The Bertz CT molecular complexity index is 767. The van der Waals surface area contributed by atoms with E-state index < -0.39 is 6.29 Å². The molecule has 0 saturated carbocycles. The molecule has 1 atom stereocenters. The Balaban J connectivity index is 2.08. The van der Waals surface area contributed by atoms with Gasteiger partial charge in [0.1, 0.15) is 17.3 Å². The molecule has 0 saturated heterocycles. The van der Waals surface area contributed by atoms with E-state index in [1.807, 2.05) is 27.7 Å². The number of fused-ring (bicyclic) bond motifs is 1. The number of amides is 1. The molecule has 0 radical (unpaired) electrons. The van der Waals surface area contributed by atoms with Gasteiger partial charge in [-0.15, -0.1) is 17.7 Å². The number of hydrogen-bond donors (Lipinski definition) is 2. The van der Waals surface area contributed by atoms with Crippen molar-refractivity contribution in [2.75, 3.05) is 11.9 Å². The fourth-order valence-corrected chi connectivity index (χ4v) is 2.53. The third-order valence-corrected chi connectivity index (χ3v) is 3.56. The van der Waals surface area contributed by atoms with Gasteiger partial charge >= 0.3 is 0 Å². The second-order valence-electron chi connectivity index (χ2n) is 6.43. The zero-order chi connectivity index (χ0) is 20.0. The fraction of sp³-hybridized carbons (Fsp3) is 0.688. The first-order valence-corrected chi connectivity index (χ1v) is 9.17. The number of aromatic nitrogens is 5. The van der Waals surface area contributed by atoms with Gasteiger partial charge in [0.25, 0.3) is 0 Å². The summed E-state index contributed by atoms with van der Waals surface area (Å²) in [7, 11) is 0. The van der Waals surface area contributed by atoms with Crippen molar-refractivity contribution in [3.8, 4) is 0 Å². The van der Waals surface area contributed by atoms with Gasteiger partial charge in [-0.1, -0.05) is 5.21 Å². The second-order valence-corrected chi connectivity index (χ2v) is 6.86. The van der Waals surface area contributed by atoms with E-state index in [-0.39, 0.29) is 30.8 Å². The maximum atomic E-state index is 11.2. The molecule has 10 nitrogen and oxygen atoms in total. The number of carbonyl (C=O) groups is 1. The number of nitrogens with one attached hydrogen (secondary N) is 1. The minimum absolute atomic E-state index is 0.00512. The highest BCUT2D eigenvalue weighted by Crippen LogP contribution is 2.19. The van der Waals surface area contributed by atoms with Crippen LogP contribution in [0.4, 0.5) is 5.95 Å². The molecule has 0 aliphatic carbocycles. The lowest BCUT2D eigenvalue weighted by Crippen LogP contribution is -2.25. The van der Waals surface area contributed by atoms with Gasteiger partial charge in [-0.2, -0.15) is 4.98 Å². The molecule has 1 unspecified atom stereocenters. The smallest absolute Gasteiger partial charge is 0.232 e. The van der Waals surface area contributed by atoms with Crippen molar-refractivity contribution < 1.29 is 19.0 Å². The quantitative estimate of drug-likeness (QED) is 0.355. The van der Waals surface area contributed by atoms with E-state index in [0.29, 0.717) is 29.2 Å². The van der Waals surface area contributed by atoms with Gasteiger partial charge in [0, 0.05) is 13.3 Å². The summed E-state index contributed by atoms with van der Waals surface area (Å²) in [6, 6.07) is 0. The number of ether oxygens (including phenoxy) is 3. The summed E-state index contributed by atoms with van der Waals surface area (Å²) in [6.07, 6.45) is 0.280.